The molecule has 0 spiro atoms. The monoisotopic (exact) mass is 211 g/mol. The molecule has 1 heterocycles. The predicted octanol–water partition coefficient (Wildman–Crippen LogP) is 2.70. The molecule has 3 atom stereocenters. The fraction of sp³-hybridized carbons (Fsp3) is 0.917. The second-order valence-corrected chi connectivity index (χ2v) is 6.24. The Morgan fingerprint density at radius 3 is 2.73 bits per heavy atom. The molecule has 0 aromatic rings. The normalized spacial score (nSPS) is 40.7. The van der Waals surface area contributed by atoms with Crippen LogP contribution in [0.3, 0.4) is 0 Å². The molecule has 1 saturated carbocycles. The van der Waals surface area contributed by atoms with Crippen molar-refractivity contribution in [2.75, 3.05) is 0 Å². The zero-order chi connectivity index (χ0) is 11.3. The Balaban J connectivity index is 2.10. The summed E-state index contributed by atoms with van der Waals surface area (Å²) in [6, 6.07) is 0.211. The van der Waals surface area contributed by atoms with E-state index in [1.165, 1.54) is 0 Å². The van der Waals surface area contributed by atoms with Gasteiger partial charge in [0.2, 0.25) is 0 Å². The molecule has 15 heavy (non-hydrogen) atoms. The molecule has 2 aliphatic rings. The Hall–Kier alpha value is -0.730. The topological polar surface area (TPSA) is 38.3 Å². The number of hydrogen-bond acceptors (Lipinski definition) is 2. The highest BCUT2D eigenvalue weighted by Gasteiger charge is 2.50. The van der Waals surface area contributed by atoms with E-state index in [1.807, 2.05) is 0 Å². The second kappa shape index (κ2) is 3.13. The van der Waals surface area contributed by atoms with Gasteiger partial charge in [-0.15, -0.1) is 0 Å². The minimum Gasteiger partial charge on any atom is -0.441 e. The first kappa shape index (κ1) is 10.8. The molecule has 0 aromatic carbocycles. The molecule has 3 heteroatoms. The van der Waals surface area contributed by atoms with Gasteiger partial charge in [-0.3, -0.25) is 0 Å². The first-order valence-corrected chi connectivity index (χ1v) is 5.81. The SMILES string of the molecule is CC(C)(C)[C@H]1CC[C@]2(C)OC(=O)N[C@@H]2C1. The van der Waals surface area contributed by atoms with Gasteiger partial charge in [0, 0.05) is 0 Å². The molecule has 0 radical (unpaired) electrons. The molecule has 2 fully saturated rings. The third-order valence-electron chi connectivity index (χ3n) is 4.09. The molecule has 1 amide bonds. The number of carbonyl (C=O) groups is 1. The summed E-state index contributed by atoms with van der Waals surface area (Å²) in [5, 5.41) is 2.94. The Kier molecular flexibility index (Phi) is 2.25. The molecular formula is C12H21NO2. The first-order valence-electron chi connectivity index (χ1n) is 5.81. The molecule has 1 aliphatic heterocycles. The summed E-state index contributed by atoms with van der Waals surface area (Å²) >= 11 is 0. The van der Waals surface area contributed by atoms with Crippen molar-refractivity contribution in [3.63, 3.8) is 0 Å². The third kappa shape index (κ3) is 1.84. The zero-order valence-corrected chi connectivity index (χ0v) is 10.1. The average molecular weight is 211 g/mol. The van der Waals surface area contributed by atoms with E-state index >= 15 is 0 Å². The van der Waals surface area contributed by atoms with E-state index in [-0.39, 0.29) is 17.7 Å². The number of nitrogens with one attached hydrogen (secondary N) is 1. The van der Waals surface area contributed by atoms with Crippen LogP contribution in [-0.2, 0) is 4.74 Å². The van der Waals surface area contributed by atoms with E-state index in [0.29, 0.717) is 11.3 Å². The maximum Gasteiger partial charge on any atom is 0.408 e. The highest BCUT2D eigenvalue weighted by atomic mass is 16.6. The molecule has 86 valence electrons. The van der Waals surface area contributed by atoms with Crippen molar-refractivity contribution >= 4 is 6.09 Å². The highest BCUT2D eigenvalue weighted by molar-refractivity contribution is 5.71. The van der Waals surface area contributed by atoms with Crippen molar-refractivity contribution in [2.24, 2.45) is 11.3 Å². The summed E-state index contributed by atoms with van der Waals surface area (Å²) in [7, 11) is 0. The van der Waals surface area contributed by atoms with Gasteiger partial charge >= 0.3 is 6.09 Å². The van der Waals surface area contributed by atoms with Crippen LogP contribution in [0.5, 0.6) is 0 Å². The van der Waals surface area contributed by atoms with Gasteiger partial charge in [-0.25, -0.2) is 4.79 Å². The van der Waals surface area contributed by atoms with E-state index < -0.39 is 0 Å². The molecule has 2 rings (SSSR count). The zero-order valence-electron chi connectivity index (χ0n) is 10.1. The fourth-order valence-electron chi connectivity index (χ4n) is 2.79. The molecule has 0 aromatic heterocycles. The summed E-state index contributed by atoms with van der Waals surface area (Å²) in [5.74, 6) is 0.678. The van der Waals surface area contributed by atoms with Gasteiger partial charge in [0.1, 0.15) is 5.60 Å². The largest absolute Gasteiger partial charge is 0.441 e. The van der Waals surface area contributed by atoms with Crippen molar-refractivity contribution < 1.29 is 9.53 Å². The lowest BCUT2D eigenvalue weighted by molar-refractivity contribution is -0.00210. The van der Waals surface area contributed by atoms with Crippen LogP contribution in [0.25, 0.3) is 0 Å². The van der Waals surface area contributed by atoms with E-state index in [4.69, 9.17) is 4.74 Å². The van der Waals surface area contributed by atoms with Gasteiger partial charge in [0.15, 0.2) is 0 Å². The second-order valence-electron chi connectivity index (χ2n) is 6.24. The van der Waals surface area contributed by atoms with Crippen LogP contribution in [0.4, 0.5) is 4.79 Å². The molecular weight excluding hydrogens is 190 g/mol. The fourth-order valence-corrected chi connectivity index (χ4v) is 2.79. The number of ether oxygens (including phenoxy) is 1. The Morgan fingerprint density at radius 1 is 1.47 bits per heavy atom. The lowest BCUT2D eigenvalue weighted by Crippen LogP contribution is -2.48. The number of fused-ring (bicyclic) bond motifs is 1. The first-order chi connectivity index (χ1) is 6.81. The number of alkyl carbamates (subject to hydrolysis) is 1. The molecule has 1 saturated heterocycles. The van der Waals surface area contributed by atoms with Crippen molar-refractivity contribution in [3.8, 4) is 0 Å². The van der Waals surface area contributed by atoms with Gasteiger partial charge in [-0.2, -0.15) is 0 Å². The number of carbonyl (C=O) groups excluding carboxylic acids is 1. The minimum atomic E-state index is -0.251. The summed E-state index contributed by atoms with van der Waals surface area (Å²) in [4.78, 5) is 11.2. The van der Waals surface area contributed by atoms with Crippen molar-refractivity contribution in [1.29, 1.82) is 0 Å². The minimum absolute atomic E-state index is 0.211. The van der Waals surface area contributed by atoms with E-state index in [9.17, 15) is 4.79 Å². The number of hydrogen-bond donors (Lipinski definition) is 1. The lowest BCUT2D eigenvalue weighted by Gasteiger charge is -2.42. The van der Waals surface area contributed by atoms with Crippen molar-refractivity contribution in [1.82, 2.24) is 5.32 Å². The van der Waals surface area contributed by atoms with E-state index in [1.54, 1.807) is 0 Å². The van der Waals surface area contributed by atoms with Gasteiger partial charge in [-0.05, 0) is 37.5 Å². The average Bonchev–Trinajstić information content (AvgIpc) is 2.35. The van der Waals surface area contributed by atoms with Crippen LogP contribution in [0.1, 0.15) is 47.0 Å². The molecule has 3 nitrogen and oxygen atoms in total. The summed E-state index contributed by atoms with van der Waals surface area (Å²) in [6.45, 7) is 8.88. The summed E-state index contributed by atoms with van der Waals surface area (Å²) in [6.07, 6.45) is 2.95. The van der Waals surface area contributed by atoms with Crippen LogP contribution in [0.2, 0.25) is 0 Å². The lowest BCUT2D eigenvalue weighted by atomic mass is 9.67. The van der Waals surface area contributed by atoms with Gasteiger partial charge in [0.05, 0.1) is 6.04 Å². The van der Waals surface area contributed by atoms with Crippen molar-refractivity contribution in [2.45, 2.75) is 58.6 Å². The van der Waals surface area contributed by atoms with E-state index in [2.05, 4.69) is 33.0 Å². The number of amides is 1. The highest BCUT2D eigenvalue weighted by Crippen LogP contribution is 2.44. The standard InChI is InChI=1S/C12H21NO2/c1-11(2,3)8-5-6-12(4)9(7-8)13-10(14)15-12/h8-9H,5-7H2,1-4H3,(H,13,14)/t8-,9+,12-/m0/s1. The van der Waals surface area contributed by atoms with E-state index in [0.717, 1.165) is 19.3 Å². The van der Waals surface area contributed by atoms with Gasteiger partial charge in [-0.1, -0.05) is 20.8 Å². The molecule has 0 bridgehead atoms. The smallest absolute Gasteiger partial charge is 0.408 e. The Morgan fingerprint density at radius 2 is 2.13 bits per heavy atom. The summed E-state index contributed by atoms with van der Waals surface area (Å²) in [5.41, 5.74) is 0.0769. The van der Waals surface area contributed by atoms with Gasteiger partial charge in [0.25, 0.3) is 0 Å². The van der Waals surface area contributed by atoms with Crippen molar-refractivity contribution in [3.05, 3.63) is 0 Å². The van der Waals surface area contributed by atoms with Crippen LogP contribution in [-0.4, -0.2) is 17.7 Å². The molecule has 1 N–H and O–H groups in total. The molecule has 1 aliphatic carbocycles. The van der Waals surface area contributed by atoms with Crippen LogP contribution < -0.4 is 5.32 Å². The van der Waals surface area contributed by atoms with Crippen LogP contribution >= 0.6 is 0 Å². The predicted molar refractivity (Wildman–Crippen MR) is 58.6 cm³/mol. The third-order valence-corrected chi connectivity index (χ3v) is 4.09. The maximum atomic E-state index is 11.2. The van der Waals surface area contributed by atoms with Gasteiger partial charge < -0.3 is 10.1 Å². The Bertz CT molecular complexity index is 282. The summed E-state index contributed by atoms with van der Waals surface area (Å²) < 4.78 is 5.36. The van der Waals surface area contributed by atoms with Crippen LogP contribution in [0.15, 0.2) is 0 Å². The quantitative estimate of drug-likeness (QED) is 0.669. The van der Waals surface area contributed by atoms with Crippen LogP contribution in [0, 0.1) is 11.3 Å². The molecule has 0 unspecified atom stereocenters. The Labute approximate surface area is 91.6 Å². The number of rotatable bonds is 0. The maximum absolute atomic E-state index is 11.2.